The highest BCUT2D eigenvalue weighted by atomic mass is 32.2. The van der Waals surface area contributed by atoms with Gasteiger partial charge < -0.3 is 9.13 Å². The van der Waals surface area contributed by atoms with Crippen LogP contribution in [0.2, 0.25) is 0 Å². The SMILES string of the molecule is O=P1(c2ccccc2)c2cc(S(=O)(=O)c3ccccc3)ccc2-c2cc3c(cc21)P(=O)(c1ccccc1)c1cc(S(=O)(=O)c2c(F)c(F)c(F)c(F)c2F)ccc1-3. The minimum atomic E-state index is -5.46. The number of fused-ring (bicyclic) bond motifs is 6. The number of halogens is 5. The molecule has 2 atom stereocenters. The first kappa shape index (κ1) is 37.1. The molecule has 7 aromatic rings. The van der Waals surface area contributed by atoms with E-state index in [-0.39, 0.29) is 41.9 Å². The summed E-state index contributed by atoms with van der Waals surface area (Å²) in [5, 5.41) is 1.10. The summed E-state index contributed by atoms with van der Waals surface area (Å²) in [6.45, 7) is 0. The van der Waals surface area contributed by atoms with Crippen LogP contribution in [0.3, 0.4) is 0 Å². The van der Waals surface area contributed by atoms with Crippen molar-refractivity contribution in [3.8, 4) is 22.3 Å². The molecule has 0 aromatic heterocycles. The summed E-state index contributed by atoms with van der Waals surface area (Å²) < 4.78 is 159. The zero-order chi connectivity index (χ0) is 40.2. The van der Waals surface area contributed by atoms with Gasteiger partial charge in [0, 0.05) is 31.8 Å². The van der Waals surface area contributed by atoms with E-state index in [0.717, 1.165) is 12.1 Å². The summed E-state index contributed by atoms with van der Waals surface area (Å²) in [5.41, 5.74) is 1.46. The molecule has 0 fully saturated rings. The number of sulfone groups is 2. The van der Waals surface area contributed by atoms with Crippen molar-refractivity contribution in [3.63, 3.8) is 0 Å². The van der Waals surface area contributed by atoms with Gasteiger partial charge in [-0.2, -0.15) is 0 Å². The molecule has 0 spiro atoms. The Morgan fingerprint density at radius 3 is 1.16 bits per heavy atom. The quantitative estimate of drug-likeness (QED) is 0.0574. The molecular formula is C42H23F5O6P2S2. The molecule has 15 heteroatoms. The van der Waals surface area contributed by atoms with E-state index < -0.39 is 72.8 Å². The molecule has 284 valence electrons. The smallest absolute Gasteiger partial charge is 0.212 e. The number of hydrogen-bond acceptors (Lipinski definition) is 6. The summed E-state index contributed by atoms with van der Waals surface area (Å²) in [4.78, 5) is -2.99. The van der Waals surface area contributed by atoms with Gasteiger partial charge in [-0.15, -0.1) is 0 Å². The van der Waals surface area contributed by atoms with Gasteiger partial charge in [-0.25, -0.2) is 38.8 Å². The molecule has 0 saturated heterocycles. The Bertz CT molecular complexity index is 3190. The Labute approximate surface area is 322 Å². The van der Waals surface area contributed by atoms with Crippen LogP contribution in [0.1, 0.15) is 0 Å². The van der Waals surface area contributed by atoms with E-state index in [4.69, 9.17) is 0 Å². The predicted molar refractivity (Wildman–Crippen MR) is 207 cm³/mol. The second-order valence-electron chi connectivity index (χ2n) is 13.4. The van der Waals surface area contributed by atoms with E-state index in [9.17, 15) is 38.8 Å². The lowest BCUT2D eigenvalue weighted by Crippen LogP contribution is -2.26. The van der Waals surface area contributed by atoms with Crippen molar-refractivity contribution >= 4 is 65.8 Å². The van der Waals surface area contributed by atoms with Crippen molar-refractivity contribution in [2.24, 2.45) is 0 Å². The molecule has 7 aromatic carbocycles. The second-order valence-corrected chi connectivity index (χ2v) is 22.6. The van der Waals surface area contributed by atoms with Crippen LogP contribution in [0.15, 0.2) is 159 Å². The number of hydrogen-bond donors (Lipinski definition) is 0. The highest BCUT2D eigenvalue weighted by Crippen LogP contribution is 2.58. The van der Waals surface area contributed by atoms with E-state index >= 15 is 9.13 Å². The summed E-state index contributed by atoms with van der Waals surface area (Å²) in [6, 6.07) is 34.7. The first-order valence-corrected chi connectivity index (χ1v) is 23.4. The van der Waals surface area contributed by atoms with Crippen LogP contribution in [-0.2, 0) is 28.8 Å². The topological polar surface area (TPSA) is 102 Å². The highest BCUT2D eigenvalue weighted by molar-refractivity contribution is 7.92. The van der Waals surface area contributed by atoms with Gasteiger partial charge >= 0.3 is 0 Å². The van der Waals surface area contributed by atoms with Crippen molar-refractivity contribution in [2.75, 3.05) is 0 Å². The fourth-order valence-corrected chi connectivity index (χ4v) is 16.8. The minimum Gasteiger partial charge on any atom is -0.309 e. The second kappa shape index (κ2) is 12.8. The van der Waals surface area contributed by atoms with Gasteiger partial charge in [0.25, 0.3) is 0 Å². The number of rotatable bonds is 6. The molecule has 0 bridgehead atoms. The first-order valence-electron chi connectivity index (χ1n) is 17.0. The lowest BCUT2D eigenvalue weighted by atomic mass is 9.99. The third-order valence-corrected chi connectivity index (χ3v) is 20.1. The molecule has 0 radical (unpaired) electrons. The van der Waals surface area contributed by atoms with Crippen molar-refractivity contribution < 1.29 is 47.9 Å². The average molecular weight is 845 g/mol. The maximum Gasteiger partial charge on any atom is 0.212 e. The van der Waals surface area contributed by atoms with E-state index in [1.54, 1.807) is 78.9 Å². The Kier molecular flexibility index (Phi) is 8.33. The van der Waals surface area contributed by atoms with E-state index in [2.05, 4.69) is 0 Å². The Morgan fingerprint density at radius 2 is 0.719 bits per heavy atom. The summed E-state index contributed by atoms with van der Waals surface area (Å²) in [6.07, 6.45) is 0. The van der Waals surface area contributed by atoms with Crippen LogP contribution in [-0.4, -0.2) is 16.8 Å². The van der Waals surface area contributed by atoms with E-state index in [1.165, 1.54) is 48.5 Å². The van der Waals surface area contributed by atoms with Crippen molar-refractivity contribution in [1.29, 1.82) is 0 Å². The van der Waals surface area contributed by atoms with Crippen molar-refractivity contribution in [2.45, 2.75) is 19.6 Å². The Balaban J connectivity index is 1.31. The van der Waals surface area contributed by atoms with Crippen LogP contribution in [0, 0.1) is 29.1 Å². The van der Waals surface area contributed by atoms with Crippen molar-refractivity contribution in [3.05, 3.63) is 169 Å². The maximum atomic E-state index is 15.9. The maximum absolute atomic E-state index is 15.9. The molecule has 57 heavy (non-hydrogen) atoms. The molecule has 0 N–H and O–H groups in total. The summed E-state index contributed by atoms with van der Waals surface area (Å²) in [5.74, 6) is -12.5. The number of benzene rings is 7. The standard InChI is InChI=1S/C42H23F5O6P2S2/c43-37-38(44)40(46)42(41(47)39(37)45)57(52,53)28-17-19-30-32-22-31-29-18-16-27(56(50,51)26-14-8-3-9-15-26)20-33(29)54(48,24-10-4-1-5-11-24)35(31)23-36(32)55(49,34(30)21-28)25-12-6-2-7-13-25/h1-23H. The lowest BCUT2D eigenvalue weighted by Gasteiger charge is -2.20. The molecule has 2 aliphatic heterocycles. The van der Waals surface area contributed by atoms with Crippen LogP contribution in [0.5, 0.6) is 0 Å². The molecule has 2 heterocycles. The van der Waals surface area contributed by atoms with Crippen LogP contribution >= 0.6 is 14.3 Å². The van der Waals surface area contributed by atoms with Gasteiger partial charge in [-0.3, -0.25) is 0 Å². The van der Waals surface area contributed by atoms with Gasteiger partial charge in [0.15, 0.2) is 37.6 Å². The predicted octanol–water partition coefficient (Wildman–Crippen LogP) is 7.29. The Hall–Kier alpha value is -5.45. The fourth-order valence-electron chi connectivity index (χ4n) is 7.63. The third kappa shape index (κ3) is 5.12. The fraction of sp³-hybridized carbons (Fsp3) is 0. The molecule has 2 unspecified atom stereocenters. The summed E-state index contributed by atoms with van der Waals surface area (Å²) >= 11 is 0. The monoisotopic (exact) mass is 844 g/mol. The van der Waals surface area contributed by atoms with E-state index in [0.29, 0.717) is 22.0 Å². The normalized spacial score (nSPS) is 18.1. The lowest BCUT2D eigenvalue weighted by molar-refractivity contribution is 0.357. The summed E-state index contributed by atoms with van der Waals surface area (Å²) in [7, 11) is -17.6. The largest absolute Gasteiger partial charge is 0.309 e. The van der Waals surface area contributed by atoms with Gasteiger partial charge in [0.1, 0.15) is 4.90 Å². The first-order chi connectivity index (χ1) is 27.1. The molecule has 0 saturated carbocycles. The molecule has 0 aliphatic carbocycles. The van der Waals surface area contributed by atoms with Crippen LogP contribution < -0.4 is 31.8 Å². The van der Waals surface area contributed by atoms with Gasteiger partial charge in [-0.05, 0) is 70.8 Å². The molecule has 0 amide bonds. The molecule has 9 rings (SSSR count). The molecule has 2 aliphatic rings. The zero-order valence-corrected chi connectivity index (χ0v) is 32.3. The van der Waals surface area contributed by atoms with Crippen molar-refractivity contribution in [1.82, 2.24) is 0 Å². The zero-order valence-electron chi connectivity index (χ0n) is 28.8. The minimum absolute atomic E-state index is 0.0379. The Morgan fingerprint density at radius 1 is 0.351 bits per heavy atom. The average Bonchev–Trinajstić information content (AvgIpc) is 3.64. The van der Waals surface area contributed by atoms with Crippen LogP contribution in [0.25, 0.3) is 22.3 Å². The third-order valence-electron chi connectivity index (χ3n) is 10.3. The highest BCUT2D eigenvalue weighted by Gasteiger charge is 2.47. The van der Waals surface area contributed by atoms with Gasteiger partial charge in [0.05, 0.1) is 14.7 Å². The molecular weight excluding hydrogens is 822 g/mol. The van der Waals surface area contributed by atoms with Crippen LogP contribution in [0.4, 0.5) is 22.0 Å². The van der Waals surface area contributed by atoms with Gasteiger partial charge in [-0.1, -0.05) is 91.0 Å². The van der Waals surface area contributed by atoms with E-state index in [1.807, 2.05) is 0 Å². The van der Waals surface area contributed by atoms with Gasteiger partial charge in [0.2, 0.25) is 25.5 Å². The molecule has 6 nitrogen and oxygen atoms in total.